The summed E-state index contributed by atoms with van der Waals surface area (Å²) >= 11 is 0. The molecule has 2 nitrogen and oxygen atoms in total. The Morgan fingerprint density at radius 3 is 2.27 bits per heavy atom. The van der Waals surface area contributed by atoms with Gasteiger partial charge in [0, 0.05) is 12.1 Å². The number of unbranched alkanes of at least 4 members (excludes halogenated alkanes) is 1. The molecule has 0 aliphatic heterocycles. The first kappa shape index (κ1) is 10.9. The molecular formula is C9H22N2. The highest BCUT2D eigenvalue weighted by Crippen LogP contribution is 2.00. The molecule has 0 aromatic heterocycles. The maximum Gasteiger partial charge on any atom is 0.0225 e. The summed E-state index contributed by atoms with van der Waals surface area (Å²) in [7, 11) is 2.13. The van der Waals surface area contributed by atoms with Crippen LogP contribution in [0.1, 0.15) is 33.6 Å². The predicted octanol–water partition coefficient (Wildman–Crippen LogP) is 1.46. The quantitative estimate of drug-likeness (QED) is 0.656. The average Bonchev–Trinajstić information content (AvgIpc) is 1.79. The highest BCUT2D eigenvalue weighted by molar-refractivity contribution is 4.75. The zero-order valence-electron chi connectivity index (χ0n) is 8.35. The molecule has 0 atom stereocenters. The SMILES string of the molecule is CCCCN(C)CC(C)(C)N. The monoisotopic (exact) mass is 158 g/mol. The summed E-state index contributed by atoms with van der Waals surface area (Å²) in [4.78, 5) is 2.30. The Morgan fingerprint density at radius 2 is 1.91 bits per heavy atom. The van der Waals surface area contributed by atoms with Crippen molar-refractivity contribution in [1.82, 2.24) is 4.90 Å². The fourth-order valence-electron chi connectivity index (χ4n) is 1.20. The lowest BCUT2D eigenvalue weighted by atomic mass is 10.1. The lowest BCUT2D eigenvalue weighted by molar-refractivity contribution is 0.266. The molecule has 0 spiro atoms. The molecule has 0 aliphatic rings. The Balaban J connectivity index is 3.44. The van der Waals surface area contributed by atoms with E-state index in [1.807, 2.05) is 0 Å². The van der Waals surface area contributed by atoms with Crippen LogP contribution in [0.25, 0.3) is 0 Å². The molecule has 0 bridgehead atoms. The standard InChI is InChI=1S/C9H22N2/c1-5-6-7-11(4)8-9(2,3)10/h5-8,10H2,1-4H3. The van der Waals surface area contributed by atoms with Gasteiger partial charge < -0.3 is 10.6 Å². The Hall–Kier alpha value is -0.0800. The van der Waals surface area contributed by atoms with E-state index in [-0.39, 0.29) is 5.54 Å². The van der Waals surface area contributed by atoms with Crippen molar-refractivity contribution in [2.45, 2.75) is 39.2 Å². The van der Waals surface area contributed by atoms with Crippen LogP contribution in [0.3, 0.4) is 0 Å². The third-order valence-electron chi connectivity index (χ3n) is 1.57. The number of nitrogens with zero attached hydrogens (tertiary/aromatic N) is 1. The molecule has 2 N–H and O–H groups in total. The van der Waals surface area contributed by atoms with Gasteiger partial charge in [-0.3, -0.25) is 0 Å². The van der Waals surface area contributed by atoms with Gasteiger partial charge in [-0.2, -0.15) is 0 Å². The summed E-state index contributed by atoms with van der Waals surface area (Å²) in [6.45, 7) is 8.48. The summed E-state index contributed by atoms with van der Waals surface area (Å²) in [6, 6.07) is 0. The number of likely N-dealkylation sites (N-methyl/N-ethyl adjacent to an activating group) is 1. The first-order valence-corrected chi connectivity index (χ1v) is 4.43. The van der Waals surface area contributed by atoms with Gasteiger partial charge in [-0.15, -0.1) is 0 Å². The van der Waals surface area contributed by atoms with Crippen molar-refractivity contribution in [2.24, 2.45) is 5.73 Å². The zero-order chi connectivity index (χ0) is 8.91. The Morgan fingerprint density at radius 1 is 1.36 bits per heavy atom. The highest BCUT2D eigenvalue weighted by atomic mass is 15.1. The zero-order valence-corrected chi connectivity index (χ0v) is 8.35. The molecular weight excluding hydrogens is 136 g/mol. The third-order valence-corrected chi connectivity index (χ3v) is 1.57. The van der Waals surface area contributed by atoms with E-state index in [0.717, 1.165) is 13.1 Å². The molecule has 0 saturated carbocycles. The van der Waals surface area contributed by atoms with Crippen LogP contribution >= 0.6 is 0 Å². The van der Waals surface area contributed by atoms with Crippen LogP contribution in [-0.4, -0.2) is 30.6 Å². The molecule has 0 aromatic carbocycles. The lowest BCUT2D eigenvalue weighted by Gasteiger charge is -2.26. The van der Waals surface area contributed by atoms with E-state index in [9.17, 15) is 0 Å². The van der Waals surface area contributed by atoms with Crippen molar-refractivity contribution in [2.75, 3.05) is 20.1 Å². The molecule has 68 valence electrons. The van der Waals surface area contributed by atoms with Gasteiger partial charge in [0.15, 0.2) is 0 Å². The second-order valence-electron chi connectivity index (χ2n) is 4.08. The average molecular weight is 158 g/mol. The van der Waals surface area contributed by atoms with Crippen molar-refractivity contribution >= 4 is 0 Å². The minimum Gasteiger partial charge on any atom is -0.324 e. The van der Waals surface area contributed by atoms with Crippen LogP contribution in [0.2, 0.25) is 0 Å². The molecule has 0 unspecified atom stereocenters. The van der Waals surface area contributed by atoms with E-state index in [2.05, 4.69) is 32.7 Å². The summed E-state index contributed by atoms with van der Waals surface area (Å²) in [6.07, 6.45) is 2.53. The van der Waals surface area contributed by atoms with Crippen molar-refractivity contribution in [3.8, 4) is 0 Å². The van der Waals surface area contributed by atoms with Crippen LogP contribution in [0.5, 0.6) is 0 Å². The van der Waals surface area contributed by atoms with E-state index in [4.69, 9.17) is 5.73 Å². The summed E-state index contributed by atoms with van der Waals surface area (Å²) in [5.41, 5.74) is 5.81. The van der Waals surface area contributed by atoms with Gasteiger partial charge in [-0.1, -0.05) is 13.3 Å². The van der Waals surface area contributed by atoms with Crippen LogP contribution < -0.4 is 5.73 Å². The van der Waals surface area contributed by atoms with Crippen molar-refractivity contribution in [3.05, 3.63) is 0 Å². The summed E-state index contributed by atoms with van der Waals surface area (Å²) in [5, 5.41) is 0. The molecule has 0 rings (SSSR count). The van der Waals surface area contributed by atoms with Gasteiger partial charge >= 0.3 is 0 Å². The fraction of sp³-hybridized carbons (Fsp3) is 1.00. The number of rotatable bonds is 5. The van der Waals surface area contributed by atoms with Crippen molar-refractivity contribution in [3.63, 3.8) is 0 Å². The van der Waals surface area contributed by atoms with Gasteiger partial charge in [0.2, 0.25) is 0 Å². The van der Waals surface area contributed by atoms with Crippen molar-refractivity contribution < 1.29 is 0 Å². The van der Waals surface area contributed by atoms with E-state index in [1.54, 1.807) is 0 Å². The van der Waals surface area contributed by atoms with Gasteiger partial charge in [0.1, 0.15) is 0 Å². The Bertz CT molecular complexity index is 94.2. The first-order valence-electron chi connectivity index (χ1n) is 4.43. The normalized spacial score (nSPS) is 12.5. The molecule has 0 heterocycles. The lowest BCUT2D eigenvalue weighted by Crippen LogP contribution is -2.44. The van der Waals surface area contributed by atoms with Crippen LogP contribution in [0.15, 0.2) is 0 Å². The smallest absolute Gasteiger partial charge is 0.0225 e. The highest BCUT2D eigenvalue weighted by Gasteiger charge is 2.12. The minimum absolute atomic E-state index is 0.0531. The molecule has 0 aliphatic carbocycles. The molecule has 0 aromatic rings. The van der Waals surface area contributed by atoms with Gasteiger partial charge in [-0.25, -0.2) is 0 Å². The van der Waals surface area contributed by atoms with E-state index >= 15 is 0 Å². The minimum atomic E-state index is -0.0531. The Labute approximate surface area is 70.8 Å². The second-order valence-corrected chi connectivity index (χ2v) is 4.08. The largest absolute Gasteiger partial charge is 0.324 e. The molecule has 0 amide bonds. The second kappa shape index (κ2) is 4.73. The first-order chi connectivity index (χ1) is 4.95. The van der Waals surface area contributed by atoms with Gasteiger partial charge in [0.25, 0.3) is 0 Å². The number of hydrogen-bond acceptors (Lipinski definition) is 2. The van der Waals surface area contributed by atoms with Crippen LogP contribution in [-0.2, 0) is 0 Å². The number of hydrogen-bond donors (Lipinski definition) is 1. The molecule has 2 heteroatoms. The Kier molecular flexibility index (Phi) is 4.69. The third kappa shape index (κ3) is 7.82. The molecule has 0 saturated heterocycles. The van der Waals surface area contributed by atoms with Gasteiger partial charge in [-0.05, 0) is 33.9 Å². The molecule has 0 radical (unpaired) electrons. The van der Waals surface area contributed by atoms with E-state index in [0.29, 0.717) is 0 Å². The van der Waals surface area contributed by atoms with E-state index in [1.165, 1.54) is 12.8 Å². The van der Waals surface area contributed by atoms with Gasteiger partial charge in [0.05, 0.1) is 0 Å². The van der Waals surface area contributed by atoms with Crippen LogP contribution in [0, 0.1) is 0 Å². The maximum atomic E-state index is 5.87. The topological polar surface area (TPSA) is 29.3 Å². The fourth-order valence-corrected chi connectivity index (χ4v) is 1.20. The van der Waals surface area contributed by atoms with Crippen LogP contribution in [0.4, 0.5) is 0 Å². The molecule has 11 heavy (non-hydrogen) atoms. The summed E-state index contributed by atoms with van der Waals surface area (Å²) in [5.74, 6) is 0. The molecule has 0 fully saturated rings. The summed E-state index contributed by atoms with van der Waals surface area (Å²) < 4.78 is 0. The number of nitrogens with two attached hydrogens (primary N) is 1. The predicted molar refractivity (Wildman–Crippen MR) is 50.7 cm³/mol. The maximum absolute atomic E-state index is 5.87. The van der Waals surface area contributed by atoms with Crippen molar-refractivity contribution in [1.29, 1.82) is 0 Å². The van der Waals surface area contributed by atoms with E-state index < -0.39 is 0 Å².